The van der Waals surface area contributed by atoms with Crippen molar-refractivity contribution >= 4 is 21.8 Å². The molecular weight excluding hydrogens is 238 g/mol. The van der Waals surface area contributed by atoms with Crippen molar-refractivity contribution in [2.24, 2.45) is 0 Å². The highest BCUT2D eigenvalue weighted by Gasteiger charge is 2.28. The molecule has 0 amide bonds. The van der Waals surface area contributed by atoms with Gasteiger partial charge in [-0.3, -0.25) is 4.79 Å². The number of carboxylic acid groups (broad SMARTS) is 1. The van der Waals surface area contributed by atoms with E-state index in [1.165, 1.54) is 13.8 Å². The van der Waals surface area contributed by atoms with E-state index in [1.54, 1.807) is 0 Å². The molecule has 0 radical (unpaired) electrons. The second-order valence-corrected chi connectivity index (χ2v) is 4.79. The van der Waals surface area contributed by atoms with Crippen molar-refractivity contribution in [3.63, 3.8) is 0 Å². The molecule has 1 rings (SSSR count). The summed E-state index contributed by atoms with van der Waals surface area (Å²) in [5.41, 5.74) is 5.31. The van der Waals surface area contributed by atoms with Crippen LogP contribution in [-0.4, -0.2) is 30.7 Å². The van der Waals surface area contributed by atoms with E-state index >= 15 is 0 Å². The smallest absolute Gasteiger partial charge is 0.321 e. The summed E-state index contributed by atoms with van der Waals surface area (Å²) < 4.78 is 29.9. The van der Waals surface area contributed by atoms with Crippen LogP contribution in [0.25, 0.3) is 0 Å². The van der Waals surface area contributed by atoms with Crippen LogP contribution in [0.4, 0.5) is 5.82 Å². The second-order valence-electron chi connectivity index (χ2n) is 3.13. The van der Waals surface area contributed by atoms with Gasteiger partial charge in [0.15, 0.2) is 16.5 Å². The number of nitrogens with one attached hydrogen (secondary N) is 1. The maximum Gasteiger partial charge on any atom is 0.321 e. The first kappa shape index (κ1) is 12.5. The lowest BCUT2D eigenvalue weighted by Gasteiger charge is -2.09. The molecule has 16 heavy (non-hydrogen) atoms. The lowest BCUT2D eigenvalue weighted by atomic mass is 10.4. The summed E-state index contributed by atoms with van der Waals surface area (Å²) in [6, 6.07) is -1.27. The highest BCUT2D eigenvalue weighted by Crippen LogP contribution is 2.21. The molecule has 0 fully saturated rings. The topological polar surface area (TPSA) is 136 Å². The van der Waals surface area contributed by atoms with Gasteiger partial charge in [0.2, 0.25) is 10.0 Å². The Labute approximate surface area is 91.5 Å². The second kappa shape index (κ2) is 4.10. The number of carboxylic acids is 1. The Morgan fingerprint density at radius 2 is 2.19 bits per heavy atom. The van der Waals surface area contributed by atoms with Gasteiger partial charge in [0.1, 0.15) is 6.04 Å². The number of aliphatic carboxylic acids is 1. The molecule has 4 N–H and O–H groups in total. The Kier molecular flexibility index (Phi) is 3.19. The quantitative estimate of drug-likeness (QED) is 0.642. The number of nitrogen functional groups attached to an aromatic ring is 1. The fraction of sp³-hybridized carbons (Fsp3) is 0.429. The van der Waals surface area contributed by atoms with E-state index in [0.717, 1.165) is 0 Å². The average molecular weight is 249 g/mol. The van der Waals surface area contributed by atoms with Gasteiger partial charge in [-0.2, -0.15) is 4.72 Å². The largest absolute Gasteiger partial charge is 0.480 e. The first-order valence-corrected chi connectivity index (χ1v) is 5.71. The number of nitrogens with zero attached hydrogens (tertiary/aromatic N) is 1. The third-order valence-corrected chi connectivity index (χ3v) is 3.50. The zero-order valence-corrected chi connectivity index (χ0v) is 9.41. The van der Waals surface area contributed by atoms with E-state index in [0.29, 0.717) is 0 Å². The lowest BCUT2D eigenvalue weighted by Crippen LogP contribution is -2.38. The molecule has 0 unspecified atom stereocenters. The van der Waals surface area contributed by atoms with Crippen LogP contribution in [0, 0.1) is 6.92 Å². The van der Waals surface area contributed by atoms with Gasteiger partial charge in [0.05, 0.1) is 0 Å². The molecule has 0 aromatic carbocycles. The molecule has 9 heteroatoms. The molecule has 1 aromatic heterocycles. The van der Waals surface area contributed by atoms with Crippen molar-refractivity contribution in [2.45, 2.75) is 24.8 Å². The number of carbonyl (C=O) groups is 1. The Balaban J connectivity index is 3.09. The molecule has 1 heterocycles. The first-order valence-electron chi connectivity index (χ1n) is 4.22. The predicted octanol–water partition coefficient (Wildman–Crippen LogP) is -0.683. The number of hydrogen-bond acceptors (Lipinski definition) is 6. The van der Waals surface area contributed by atoms with Gasteiger partial charge in [-0.05, 0) is 13.8 Å². The molecule has 0 bridgehead atoms. The summed E-state index contributed by atoms with van der Waals surface area (Å²) in [6.07, 6.45) is 0. The zero-order chi connectivity index (χ0) is 12.5. The summed E-state index contributed by atoms with van der Waals surface area (Å²) in [5, 5.41) is 11.9. The van der Waals surface area contributed by atoms with Crippen LogP contribution < -0.4 is 10.5 Å². The van der Waals surface area contributed by atoms with Crippen molar-refractivity contribution in [2.75, 3.05) is 5.73 Å². The van der Waals surface area contributed by atoms with Gasteiger partial charge in [-0.25, -0.2) is 8.42 Å². The van der Waals surface area contributed by atoms with E-state index in [2.05, 4.69) is 9.68 Å². The number of hydrogen-bond donors (Lipinski definition) is 3. The highest BCUT2D eigenvalue weighted by molar-refractivity contribution is 7.89. The number of sulfonamides is 1. The van der Waals surface area contributed by atoms with E-state index in [9.17, 15) is 13.2 Å². The molecule has 0 saturated carbocycles. The molecular formula is C7H11N3O5S. The summed E-state index contributed by atoms with van der Waals surface area (Å²) in [6.45, 7) is 2.56. The van der Waals surface area contributed by atoms with Crippen LogP contribution in [0.3, 0.4) is 0 Å². The van der Waals surface area contributed by atoms with Crippen molar-refractivity contribution in [1.29, 1.82) is 0 Å². The number of rotatable bonds is 4. The Hall–Kier alpha value is -1.61. The fourth-order valence-corrected chi connectivity index (χ4v) is 2.46. The van der Waals surface area contributed by atoms with E-state index in [4.69, 9.17) is 10.8 Å². The number of aromatic nitrogens is 1. The van der Waals surface area contributed by atoms with Gasteiger partial charge >= 0.3 is 5.97 Å². The van der Waals surface area contributed by atoms with Crippen LogP contribution in [0.2, 0.25) is 0 Å². The van der Waals surface area contributed by atoms with E-state index in [-0.39, 0.29) is 16.5 Å². The van der Waals surface area contributed by atoms with Crippen LogP contribution in [0.5, 0.6) is 0 Å². The Bertz CT molecular complexity index is 487. The Morgan fingerprint density at radius 3 is 2.56 bits per heavy atom. The lowest BCUT2D eigenvalue weighted by molar-refractivity contribution is -0.138. The molecule has 8 nitrogen and oxygen atoms in total. The molecule has 0 aliphatic carbocycles. The average Bonchev–Trinajstić information content (AvgIpc) is 2.45. The minimum absolute atomic E-state index is 0.00240. The molecule has 1 atom stereocenters. The van der Waals surface area contributed by atoms with Gasteiger partial charge in [0.25, 0.3) is 0 Å². The first-order chi connectivity index (χ1) is 7.25. The SMILES string of the molecule is Cc1onc(N)c1S(=O)(=O)N[C@H](C)C(=O)O. The van der Waals surface area contributed by atoms with Crippen LogP contribution in [0.15, 0.2) is 9.42 Å². The maximum absolute atomic E-state index is 11.7. The maximum atomic E-state index is 11.7. The van der Waals surface area contributed by atoms with Crippen molar-refractivity contribution in [1.82, 2.24) is 9.88 Å². The molecule has 1 aromatic rings. The molecule has 0 aliphatic heterocycles. The molecule has 0 aliphatic rings. The van der Waals surface area contributed by atoms with Crippen molar-refractivity contribution in [3.8, 4) is 0 Å². The summed E-state index contributed by atoms with van der Waals surface area (Å²) in [7, 11) is -4.03. The van der Waals surface area contributed by atoms with Crippen LogP contribution in [-0.2, 0) is 14.8 Å². The third-order valence-electron chi connectivity index (χ3n) is 1.80. The van der Waals surface area contributed by atoms with Crippen molar-refractivity contribution < 1.29 is 22.8 Å². The predicted molar refractivity (Wildman–Crippen MR) is 53.1 cm³/mol. The third kappa shape index (κ3) is 2.31. The monoisotopic (exact) mass is 249 g/mol. The summed E-state index contributed by atoms with van der Waals surface area (Å²) in [5.74, 6) is -1.60. The van der Waals surface area contributed by atoms with Gasteiger partial charge in [0, 0.05) is 0 Å². The van der Waals surface area contributed by atoms with Crippen LogP contribution in [0.1, 0.15) is 12.7 Å². The number of aryl methyl sites for hydroxylation is 1. The zero-order valence-electron chi connectivity index (χ0n) is 8.59. The van der Waals surface area contributed by atoms with E-state index < -0.39 is 22.0 Å². The fourth-order valence-electron chi connectivity index (χ4n) is 1.05. The number of anilines is 1. The van der Waals surface area contributed by atoms with Gasteiger partial charge in [-0.1, -0.05) is 5.16 Å². The Morgan fingerprint density at radius 1 is 1.62 bits per heavy atom. The molecule has 90 valence electrons. The van der Waals surface area contributed by atoms with Crippen molar-refractivity contribution in [3.05, 3.63) is 5.76 Å². The van der Waals surface area contributed by atoms with Gasteiger partial charge in [-0.15, -0.1) is 0 Å². The van der Waals surface area contributed by atoms with Gasteiger partial charge < -0.3 is 15.4 Å². The normalized spacial score (nSPS) is 13.6. The molecule has 0 spiro atoms. The molecule has 0 saturated heterocycles. The highest BCUT2D eigenvalue weighted by atomic mass is 32.2. The minimum atomic E-state index is -4.03. The minimum Gasteiger partial charge on any atom is -0.480 e. The van der Waals surface area contributed by atoms with E-state index in [1.807, 2.05) is 4.72 Å². The number of nitrogens with two attached hydrogens (primary N) is 1. The standard InChI is InChI=1S/C7H11N3O5S/c1-3(7(11)12)10-16(13,14)5-4(2)15-9-6(5)8/h3,10H,1-2H3,(H2,8,9)(H,11,12)/t3-/m1/s1. The van der Waals surface area contributed by atoms with Crippen LogP contribution >= 0.6 is 0 Å². The summed E-state index contributed by atoms with van der Waals surface area (Å²) >= 11 is 0. The summed E-state index contributed by atoms with van der Waals surface area (Å²) in [4.78, 5) is 10.2.